The largest absolute Gasteiger partial charge is 0.435 e. The van der Waals surface area contributed by atoms with E-state index in [-0.39, 0.29) is 17.5 Å². The molecule has 0 aliphatic rings. The SMILES string of the molecule is CC(=O)N(c1ccccc1)c1nc(CSc2nnc(-c3ccc(OC(F)F)cc3)o2)cs1. The van der Waals surface area contributed by atoms with E-state index < -0.39 is 6.61 Å². The van der Waals surface area contributed by atoms with Gasteiger partial charge in [0, 0.05) is 23.6 Å². The number of nitrogens with zero attached hydrogens (tertiary/aromatic N) is 4. The summed E-state index contributed by atoms with van der Waals surface area (Å²) in [5.41, 5.74) is 2.10. The molecule has 0 saturated carbocycles. The number of halogens is 2. The van der Waals surface area contributed by atoms with Crippen LogP contribution in [0.25, 0.3) is 11.5 Å². The first kappa shape index (κ1) is 21.9. The minimum atomic E-state index is -2.88. The van der Waals surface area contributed by atoms with Crippen molar-refractivity contribution < 1.29 is 22.7 Å². The van der Waals surface area contributed by atoms with E-state index in [1.165, 1.54) is 42.2 Å². The van der Waals surface area contributed by atoms with Crippen LogP contribution in [0.5, 0.6) is 5.75 Å². The number of anilines is 2. The minimum absolute atomic E-state index is 0.0484. The third kappa shape index (κ3) is 5.29. The molecule has 7 nitrogen and oxygen atoms in total. The maximum atomic E-state index is 12.3. The van der Waals surface area contributed by atoms with Crippen LogP contribution in [0.3, 0.4) is 0 Å². The van der Waals surface area contributed by atoms with E-state index in [0.717, 1.165) is 11.4 Å². The molecule has 0 aliphatic carbocycles. The fourth-order valence-corrected chi connectivity index (χ4v) is 4.42. The van der Waals surface area contributed by atoms with Gasteiger partial charge in [-0.15, -0.1) is 21.5 Å². The first-order valence-electron chi connectivity index (χ1n) is 9.31. The lowest BCUT2D eigenvalue weighted by Crippen LogP contribution is -2.22. The lowest BCUT2D eigenvalue weighted by Gasteiger charge is -2.17. The molecule has 2 heterocycles. The minimum Gasteiger partial charge on any atom is -0.435 e. The summed E-state index contributed by atoms with van der Waals surface area (Å²) in [6, 6.07) is 15.2. The molecule has 0 aliphatic heterocycles. The first-order valence-corrected chi connectivity index (χ1v) is 11.2. The Kier molecular flexibility index (Phi) is 6.76. The molecule has 0 N–H and O–H groups in total. The second kappa shape index (κ2) is 9.88. The van der Waals surface area contributed by atoms with Crippen molar-refractivity contribution in [2.75, 3.05) is 4.90 Å². The molecule has 11 heteroatoms. The lowest BCUT2D eigenvalue weighted by molar-refractivity contribution is -0.115. The quantitative estimate of drug-likeness (QED) is 0.300. The summed E-state index contributed by atoms with van der Waals surface area (Å²) in [5.74, 6) is 0.658. The predicted octanol–water partition coefficient (Wildman–Crippen LogP) is 5.77. The fourth-order valence-electron chi connectivity index (χ4n) is 2.77. The number of aromatic nitrogens is 3. The smallest absolute Gasteiger partial charge is 0.387 e. The monoisotopic (exact) mass is 474 g/mol. The molecule has 0 saturated heterocycles. The number of carbonyl (C=O) groups is 1. The van der Waals surface area contributed by atoms with Crippen LogP contribution < -0.4 is 9.64 Å². The average molecular weight is 475 g/mol. The highest BCUT2D eigenvalue weighted by Gasteiger charge is 2.18. The number of hydrogen-bond acceptors (Lipinski definition) is 8. The summed E-state index contributed by atoms with van der Waals surface area (Å²) < 4.78 is 34.5. The van der Waals surface area contributed by atoms with Crippen molar-refractivity contribution in [3.8, 4) is 17.2 Å². The molecule has 4 rings (SSSR count). The van der Waals surface area contributed by atoms with Crippen molar-refractivity contribution >= 4 is 39.8 Å². The van der Waals surface area contributed by atoms with Gasteiger partial charge in [0.1, 0.15) is 5.75 Å². The van der Waals surface area contributed by atoms with Crippen LogP contribution in [-0.4, -0.2) is 27.7 Å². The summed E-state index contributed by atoms with van der Waals surface area (Å²) >= 11 is 2.68. The zero-order valence-electron chi connectivity index (χ0n) is 16.6. The fraction of sp³-hybridized carbons (Fsp3) is 0.143. The summed E-state index contributed by atoms with van der Waals surface area (Å²) in [5, 5.41) is 10.8. The molecule has 0 unspecified atom stereocenters. The molecule has 32 heavy (non-hydrogen) atoms. The summed E-state index contributed by atoms with van der Waals surface area (Å²) in [7, 11) is 0. The Morgan fingerprint density at radius 3 is 2.59 bits per heavy atom. The van der Waals surface area contributed by atoms with Gasteiger partial charge in [-0.25, -0.2) is 4.98 Å². The molecule has 0 bridgehead atoms. The second-order valence-corrected chi connectivity index (χ2v) is 8.14. The number of amides is 1. The van der Waals surface area contributed by atoms with Gasteiger partial charge < -0.3 is 9.15 Å². The number of carbonyl (C=O) groups excluding carboxylic acids is 1. The Morgan fingerprint density at radius 2 is 1.91 bits per heavy atom. The second-order valence-electron chi connectivity index (χ2n) is 6.38. The van der Waals surface area contributed by atoms with Crippen LogP contribution in [0.15, 0.2) is 69.6 Å². The van der Waals surface area contributed by atoms with Gasteiger partial charge >= 0.3 is 6.61 Å². The maximum absolute atomic E-state index is 12.3. The zero-order valence-corrected chi connectivity index (χ0v) is 18.3. The molecule has 2 aromatic carbocycles. The number of thioether (sulfide) groups is 1. The predicted molar refractivity (Wildman–Crippen MR) is 117 cm³/mol. The third-order valence-corrected chi connectivity index (χ3v) is 5.86. The Balaban J connectivity index is 1.40. The summed E-state index contributed by atoms with van der Waals surface area (Å²) in [6.07, 6.45) is 0. The Hall–Kier alpha value is -3.31. The average Bonchev–Trinajstić information content (AvgIpc) is 3.43. The maximum Gasteiger partial charge on any atom is 0.387 e. The molecule has 0 spiro atoms. The Morgan fingerprint density at radius 1 is 1.16 bits per heavy atom. The molecule has 0 radical (unpaired) electrons. The van der Waals surface area contributed by atoms with Crippen LogP contribution in [-0.2, 0) is 10.5 Å². The van der Waals surface area contributed by atoms with Crippen molar-refractivity contribution in [1.82, 2.24) is 15.2 Å². The molecular formula is C21H16F2N4O3S2. The van der Waals surface area contributed by atoms with Crippen LogP contribution >= 0.6 is 23.1 Å². The molecule has 164 valence electrons. The van der Waals surface area contributed by atoms with Gasteiger partial charge in [0.25, 0.3) is 5.22 Å². The number of para-hydroxylation sites is 1. The number of benzene rings is 2. The van der Waals surface area contributed by atoms with Crippen molar-refractivity contribution in [2.45, 2.75) is 24.5 Å². The third-order valence-electron chi connectivity index (χ3n) is 4.14. The zero-order chi connectivity index (χ0) is 22.5. The molecule has 1 amide bonds. The van der Waals surface area contributed by atoms with E-state index in [9.17, 15) is 13.6 Å². The standard InChI is InChI=1S/C21H16F2N4O3S2/c1-13(28)27(16-5-3-2-4-6-16)20-24-15(11-31-20)12-32-21-26-25-18(30-21)14-7-9-17(10-8-14)29-19(22)23/h2-11,19H,12H2,1H3. The Labute approximate surface area is 190 Å². The number of ether oxygens (including phenoxy) is 1. The van der Waals surface area contributed by atoms with Crippen molar-refractivity contribution in [2.24, 2.45) is 0 Å². The van der Waals surface area contributed by atoms with Crippen LogP contribution in [0.2, 0.25) is 0 Å². The van der Waals surface area contributed by atoms with E-state index in [4.69, 9.17) is 4.42 Å². The van der Waals surface area contributed by atoms with Crippen molar-refractivity contribution in [1.29, 1.82) is 0 Å². The lowest BCUT2D eigenvalue weighted by atomic mass is 10.2. The molecule has 0 fully saturated rings. The highest BCUT2D eigenvalue weighted by atomic mass is 32.2. The van der Waals surface area contributed by atoms with Gasteiger partial charge in [-0.05, 0) is 36.4 Å². The first-order chi connectivity index (χ1) is 15.5. The van der Waals surface area contributed by atoms with Gasteiger partial charge in [0.15, 0.2) is 5.13 Å². The van der Waals surface area contributed by atoms with Gasteiger partial charge in [-0.1, -0.05) is 30.0 Å². The molecule has 4 aromatic rings. The van der Waals surface area contributed by atoms with Gasteiger partial charge in [-0.2, -0.15) is 8.78 Å². The molecular weight excluding hydrogens is 458 g/mol. The Bertz CT molecular complexity index is 1180. The van der Waals surface area contributed by atoms with Crippen molar-refractivity contribution in [3.05, 3.63) is 65.7 Å². The van der Waals surface area contributed by atoms with Gasteiger partial charge in [0.2, 0.25) is 11.8 Å². The molecule has 2 aromatic heterocycles. The van der Waals surface area contributed by atoms with E-state index in [0.29, 0.717) is 21.7 Å². The van der Waals surface area contributed by atoms with Crippen molar-refractivity contribution in [3.63, 3.8) is 0 Å². The van der Waals surface area contributed by atoms with Crippen LogP contribution in [0.1, 0.15) is 12.6 Å². The van der Waals surface area contributed by atoms with Crippen LogP contribution in [0.4, 0.5) is 19.6 Å². The van der Waals surface area contributed by atoms with E-state index in [2.05, 4.69) is 19.9 Å². The van der Waals surface area contributed by atoms with Crippen LogP contribution in [0, 0.1) is 0 Å². The number of thiazole rings is 1. The molecule has 0 atom stereocenters. The van der Waals surface area contributed by atoms with E-state index in [1.54, 1.807) is 17.0 Å². The van der Waals surface area contributed by atoms with Gasteiger partial charge in [0.05, 0.1) is 11.4 Å². The van der Waals surface area contributed by atoms with Gasteiger partial charge in [-0.3, -0.25) is 9.69 Å². The number of alkyl halides is 2. The highest BCUT2D eigenvalue weighted by molar-refractivity contribution is 7.98. The summed E-state index contributed by atoms with van der Waals surface area (Å²) in [4.78, 5) is 18.3. The topological polar surface area (TPSA) is 81.4 Å². The highest BCUT2D eigenvalue weighted by Crippen LogP contribution is 2.32. The number of hydrogen-bond donors (Lipinski definition) is 0. The van der Waals surface area contributed by atoms with E-state index in [1.807, 2.05) is 35.7 Å². The normalized spacial score (nSPS) is 11.0. The number of rotatable bonds is 8. The summed E-state index contributed by atoms with van der Waals surface area (Å²) in [6.45, 7) is -1.39. The van der Waals surface area contributed by atoms with E-state index >= 15 is 0 Å².